The standard InChI is InChI=1S/C18H14F4N4O/c19-15-8-13(4-5-14(15)18(20,21)22)26-17(27)25-12-3-1-2-10(6-12)11-7-16(23)24-9-11/h1-6,8-9H,7H2,(H2,23,24)(H2,25,26,27). The molecular formula is C18H14F4N4O. The van der Waals surface area contributed by atoms with E-state index >= 15 is 0 Å². The zero-order valence-corrected chi connectivity index (χ0v) is 13.8. The number of aliphatic imine (C=N–C) groups is 1. The summed E-state index contributed by atoms with van der Waals surface area (Å²) >= 11 is 0. The SMILES string of the molecule is NC1=NC=C(c2cccc(NC(=O)Nc3ccc(C(F)(F)F)c(F)c3)c2)C1. The number of amidine groups is 1. The van der Waals surface area contributed by atoms with Crippen LogP contribution in [-0.4, -0.2) is 11.9 Å². The van der Waals surface area contributed by atoms with Crippen molar-refractivity contribution in [2.24, 2.45) is 10.7 Å². The van der Waals surface area contributed by atoms with Gasteiger partial charge in [0.1, 0.15) is 11.7 Å². The lowest BCUT2D eigenvalue weighted by molar-refractivity contribution is -0.139. The predicted octanol–water partition coefficient (Wildman–Crippen LogP) is 4.59. The topological polar surface area (TPSA) is 79.5 Å². The van der Waals surface area contributed by atoms with Gasteiger partial charge >= 0.3 is 12.2 Å². The third-order valence-corrected chi connectivity index (χ3v) is 3.78. The van der Waals surface area contributed by atoms with Crippen LogP contribution in [0.3, 0.4) is 0 Å². The van der Waals surface area contributed by atoms with E-state index in [0.717, 1.165) is 17.2 Å². The lowest BCUT2D eigenvalue weighted by Crippen LogP contribution is -2.20. The quantitative estimate of drug-likeness (QED) is 0.683. The molecule has 1 heterocycles. The summed E-state index contributed by atoms with van der Waals surface area (Å²) in [6.45, 7) is 0. The Labute approximate surface area is 151 Å². The van der Waals surface area contributed by atoms with Crippen molar-refractivity contribution < 1.29 is 22.4 Å². The summed E-state index contributed by atoms with van der Waals surface area (Å²) < 4.78 is 51.2. The Kier molecular flexibility index (Phi) is 4.85. The van der Waals surface area contributed by atoms with E-state index in [1.807, 2.05) is 6.07 Å². The molecule has 1 aliphatic rings. The van der Waals surface area contributed by atoms with E-state index in [2.05, 4.69) is 15.6 Å². The van der Waals surface area contributed by atoms with E-state index in [1.54, 1.807) is 24.4 Å². The molecule has 1 aliphatic heterocycles. The Bertz CT molecular complexity index is 951. The molecule has 0 fully saturated rings. The maximum Gasteiger partial charge on any atom is 0.419 e. The predicted molar refractivity (Wildman–Crippen MR) is 94.7 cm³/mol. The monoisotopic (exact) mass is 378 g/mol. The minimum Gasteiger partial charge on any atom is -0.387 e. The zero-order chi connectivity index (χ0) is 19.6. The molecule has 140 valence electrons. The number of hydrogen-bond donors (Lipinski definition) is 3. The number of nitrogens with zero attached hydrogens (tertiary/aromatic N) is 1. The molecule has 0 unspecified atom stereocenters. The third-order valence-electron chi connectivity index (χ3n) is 3.78. The highest BCUT2D eigenvalue weighted by atomic mass is 19.4. The number of carbonyl (C=O) groups excluding carboxylic acids is 1. The Hall–Kier alpha value is -3.36. The molecule has 0 aliphatic carbocycles. The van der Waals surface area contributed by atoms with Crippen LogP contribution < -0.4 is 16.4 Å². The second-order valence-electron chi connectivity index (χ2n) is 5.80. The lowest BCUT2D eigenvalue weighted by Gasteiger charge is -2.12. The molecule has 27 heavy (non-hydrogen) atoms. The van der Waals surface area contributed by atoms with Gasteiger partial charge in [-0.25, -0.2) is 14.2 Å². The van der Waals surface area contributed by atoms with E-state index in [1.165, 1.54) is 0 Å². The first-order valence-electron chi connectivity index (χ1n) is 7.79. The van der Waals surface area contributed by atoms with Crippen molar-refractivity contribution in [3.8, 4) is 0 Å². The number of rotatable bonds is 3. The molecule has 2 aromatic carbocycles. The second kappa shape index (κ2) is 7.10. The maximum atomic E-state index is 13.6. The Morgan fingerprint density at radius 1 is 1.07 bits per heavy atom. The Balaban J connectivity index is 1.67. The number of hydrogen-bond acceptors (Lipinski definition) is 3. The van der Waals surface area contributed by atoms with Gasteiger partial charge in [0.05, 0.1) is 5.56 Å². The Morgan fingerprint density at radius 2 is 1.78 bits per heavy atom. The second-order valence-corrected chi connectivity index (χ2v) is 5.80. The van der Waals surface area contributed by atoms with Crippen LogP contribution in [0.2, 0.25) is 0 Å². The van der Waals surface area contributed by atoms with Gasteiger partial charge in [-0.05, 0) is 41.5 Å². The smallest absolute Gasteiger partial charge is 0.387 e. The maximum absolute atomic E-state index is 13.6. The van der Waals surface area contributed by atoms with Crippen molar-refractivity contribution in [1.29, 1.82) is 0 Å². The van der Waals surface area contributed by atoms with Crippen LogP contribution in [-0.2, 0) is 6.18 Å². The fourth-order valence-electron chi connectivity index (χ4n) is 2.54. The van der Waals surface area contributed by atoms with E-state index in [0.29, 0.717) is 30.1 Å². The number of halogens is 4. The van der Waals surface area contributed by atoms with Crippen LogP contribution in [0.1, 0.15) is 17.5 Å². The molecule has 5 nitrogen and oxygen atoms in total. The third kappa shape index (κ3) is 4.43. The molecule has 9 heteroatoms. The number of carbonyl (C=O) groups is 1. The number of alkyl halides is 3. The summed E-state index contributed by atoms with van der Waals surface area (Å²) in [5, 5.41) is 4.83. The summed E-state index contributed by atoms with van der Waals surface area (Å²) in [6, 6.07) is 8.33. The molecule has 0 atom stereocenters. The highest BCUT2D eigenvalue weighted by molar-refractivity contribution is 6.00. The van der Waals surface area contributed by atoms with Crippen molar-refractivity contribution in [2.45, 2.75) is 12.6 Å². The largest absolute Gasteiger partial charge is 0.419 e. The van der Waals surface area contributed by atoms with E-state index in [9.17, 15) is 22.4 Å². The van der Waals surface area contributed by atoms with Crippen LogP contribution in [0.4, 0.5) is 33.7 Å². The number of anilines is 2. The van der Waals surface area contributed by atoms with Crippen LogP contribution >= 0.6 is 0 Å². The first-order chi connectivity index (χ1) is 12.7. The average Bonchev–Trinajstić information content (AvgIpc) is 3.00. The molecule has 0 aromatic heterocycles. The Morgan fingerprint density at radius 3 is 2.37 bits per heavy atom. The summed E-state index contributed by atoms with van der Waals surface area (Å²) in [5.41, 5.74) is 6.29. The summed E-state index contributed by atoms with van der Waals surface area (Å²) in [4.78, 5) is 16.0. The van der Waals surface area contributed by atoms with Crippen LogP contribution in [0.5, 0.6) is 0 Å². The number of urea groups is 1. The average molecular weight is 378 g/mol. The van der Waals surface area contributed by atoms with Crippen molar-refractivity contribution >= 4 is 28.8 Å². The minimum absolute atomic E-state index is 0.103. The van der Waals surface area contributed by atoms with Gasteiger partial charge in [-0.3, -0.25) is 0 Å². The fraction of sp³-hybridized carbons (Fsp3) is 0.111. The highest BCUT2D eigenvalue weighted by Gasteiger charge is 2.33. The molecule has 4 N–H and O–H groups in total. The normalized spacial score (nSPS) is 13.8. The first kappa shape index (κ1) is 18.4. The van der Waals surface area contributed by atoms with Gasteiger partial charge in [0.25, 0.3) is 0 Å². The van der Waals surface area contributed by atoms with Crippen LogP contribution in [0, 0.1) is 5.82 Å². The molecule has 3 rings (SSSR count). The van der Waals surface area contributed by atoms with Gasteiger partial charge < -0.3 is 16.4 Å². The molecule has 0 bridgehead atoms. The molecule has 0 saturated heterocycles. The van der Waals surface area contributed by atoms with E-state index in [-0.39, 0.29) is 5.69 Å². The lowest BCUT2D eigenvalue weighted by atomic mass is 10.0. The van der Waals surface area contributed by atoms with Crippen LogP contribution in [0.15, 0.2) is 53.7 Å². The van der Waals surface area contributed by atoms with E-state index < -0.39 is 23.6 Å². The van der Waals surface area contributed by atoms with Gasteiger partial charge in [-0.15, -0.1) is 0 Å². The minimum atomic E-state index is -4.80. The van der Waals surface area contributed by atoms with Gasteiger partial charge in [0.15, 0.2) is 0 Å². The number of nitrogens with two attached hydrogens (primary N) is 1. The van der Waals surface area contributed by atoms with Crippen LogP contribution in [0.25, 0.3) is 5.57 Å². The molecule has 2 aromatic rings. The summed E-state index contributed by atoms with van der Waals surface area (Å²) in [7, 11) is 0. The number of amides is 2. The first-order valence-corrected chi connectivity index (χ1v) is 7.79. The molecule has 2 amide bonds. The van der Waals surface area contributed by atoms with Crippen molar-refractivity contribution in [2.75, 3.05) is 10.6 Å². The molecular weight excluding hydrogens is 364 g/mol. The summed E-state index contributed by atoms with van der Waals surface area (Å²) in [6.07, 6.45) is -2.66. The van der Waals surface area contributed by atoms with Crippen molar-refractivity contribution in [1.82, 2.24) is 0 Å². The fourth-order valence-corrected chi connectivity index (χ4v) is 2.54. The van der Waals surface area contributed by atoms with Crippen molar-refractivity contribution in [3.05, 3.63) is 65.6 Å². The molecule has 0 saturated carbocycles. The zero-order valence-electron chi connectivity index (χ0n) is 13.8. The number of nitrogens with one attached hydrogen (secondary N) is 2. The van der Waals surface area contributed by atoms with Gasteiger partial charge in [0, 0.05) is 24.0 Å². The molecule has 0 spiro atoms. The van der Waals surface area contributed by atoms with E-state index in [4.69, 9.17) is 5.73 Å². The van der Waals surface area contributed by atoms with Gasteiger partial charge in [-0.1, -0.05) is 12.1 Å². The number of benzene rings is 2. The highest BCUT2D eigenvalue weighted by Crippen LogP contribution is 2.32. The molecule has 0 radical (unpaired) electrons. The van der Waals surface area contributed by atoms with Gasteiger partial charge in [-0.2, -0.15) is 13.2 Å². The van der Waals surface area contributed by atoms with Crippen molar-refractivity contribution in [3.63, 3.8) is 0 Å². The van der Waals surface area contributed by atoms with Gasteiger partial charge in [0.2, 0.25) is 0 Å². The summed E-state index contributed by atoms with van der Waals surface area (Å²) in [5.74, 6) is -0.974.